The molecule has 0 spiro atoms. The largest absolute Gasteiger partial charge is 0.493 e. The van der Waals surface area contributed by atoms with Gasteiger partial charge in [0.05, 0.1) is 12.8 Å². The molecule has 0 saturated carbocycles. The Morgan fingerprint density at radius 2 is 1.70 bits per heavy atom. The number of hydrogen-bond donors (Lipinski definition) is 1. The van der Waals surface area contributed by atoms with Crippen molar-refractivity contribution < 1.29 is 19.1 Å². The number of anilines is 1. The number of methoxy groups -OCH3 is 1. The first-order chi connectivity index (χ1) is 16.0. The monoisotopic (exact) mass is 458 g/mol. The van der Waals surface area contributed by atoms with Gasteiger partial charge < -0.3 is 9.47 Å². The van der Waals surface area contributed by atoms with Crippen LogP contribution in [-0.4, -0.2) is 24.0 Å². The lowest BCUT2D eigenvalue weighted by Crippen LogP contribution is -2.54. The second-order valence-corrected chi connectivity index (χ2v) is 7.86. The molecular formula is C26H22N2O4S. The molecule has 3 aromatic rings. The van der Waals surface area contributed by atoms with Crippen LogP contribution < -0.4 is 19.7 Å². The summed E-state index contributed by atoms with van der Waals surface area (Å²) in [5.41, 5.74) is 3.26. The highest BCUT2D eigenvalue weighted by atomic mass is 32.1. The Hall–Kier alpha value is -3.97. The number of amides is 2. The first-order valence-electron chi connectivity index (χ1n) is 10.3. The van der Waals surface area contributed by atoms with Gasteiger partial charge >= 0.3 is 0 Å². The maximum absolute atomic E-state index is 13.2. The van der Waals surface area contributed by atoms with Crippen LogP contribution >= 0.6 is 12.2 Å². The average molecular weight is 459 g/mol. The Morgan fingerprint density at radius 1 is 0.970 bits per heavy atom. The maximum Gasteiger partial charge on any atom is 0.270 e. The molecule has 166 valence electrons. The van der Waals surface area contributed by atoms with Gasteiger partial charge in [-0.15, -0.1) is 0 Å². The third kappa shape index (κ3) is 4.94. The lowest BCUT2D eigenvalue weighted by molar-refractivity contribution is -0.122. The topological polar surface area (TPSA) is 67.9 Å². The van der Waals surface area contributed by atoms with Crippen molar-refractivity contribution in [3.05, 3.63) is 95.1 Å². The molecule has 7 heteroatoms. The summed E-state index contributed by atoms with van der Waals surface area (Å²) in [6.07, 6.45) is 1.52. The highest BCUT2D eigenvalue weighted by Crippen LogP contribution is 2.30. The van der Waals surface area contributed by atoms with E-state index in [-0.39, 0.29) is 10.7 Å². The zero-order valence-corrected chi connectivity index (χ0v) is 19.0. The maximum atomic E-state index is 13.2. The summed E-state index contributed by atoms with van der Waals surface area (Å²) in [4.78, 5) is 27.0. The first kappa shape index (κ1) is 22.2. The summed E-state index contributed by atoms with van der Waals surface area (Å²) in [6.45, 7) is 2.34. The Labute approximate surface area is 197 Å². The molecule has 1 aliphatic heterocycles. The van der Waals surface area contributed by atoms with Crippen LogP contribution in [0, 0.1) is 6.92 Å². The third-order valence-electron chi connectivity index (χ3n) is 5.13. The molecule has 1 heterocycles. The molecule has 0 atom stereocenters. The molecule has 2 amide bonds. The minimum absolute atomic E-state index is 0.0239. The predicted molar refractivity (Wildman–Crippen MR) is 131 cm³/mol. The fourth-order valence-corrected chi connectivity index (χ4v) is 3.66. The van der Waals surface area contributed by atoms with Gasteiger partial charge in [-0.3, -0.25) is 19.8 Å². The van der Waals surface area contributed by atoms with Crippen molar-refractivity contribution in [1.82, 2.24) is 5.32 Å². The van der Waals surface area contributed by atoms with E-state index in [4.69, 9.17) is 21.7 Å². The molecule has 1 aliphatic rings. The zero-order chi connectivity index (χ0) is 23.4. The lowest BCUT2D eigenvalue weighted by atomic mass is 10.1. The molecule has 1 N–H and O–H groups in total. The van der Waals surface area contributed by atoms with Crippen LogP contribution in [0.3, 0.4) is 0 Å². The number of rotatable bonds is 6. The highest BCUT2D eigenvalue weighted by molar-refractivity contribution is 7.80. The second-order valence-electron chi connectivity index (χ2n) is 7.48. The van der Waals surface area contributed by atoms with Gasteiger partial charge in [0.2, 0.25) is 0 Å². The molecule has 0 bridgehead atoms. The van der Waals surface area contributed by atoms with E-state index in [0.717, 1.165) is 11.1 Å². The van der Waals surface area contributed by atoms with Crippen molar-refractivity contribution in [2.75, 3.05) is 12.0 Å². The third-order valence-corrected chi connectivity index (χ3v) is 5.41. The Balaban J connectivity index is 1.60. The number of nitrogens with one attached hydrogen (secondary N) is 1. The van der Waals surface area contributed by atoms with Crippen molar-refractivity contribution in [3.8, 4) is 11.5 Å². The summed E-state index contributed by atoms with van der Waals surface area (Å²) < 4.78 is 11.3. The number of carbonyl (C=O) groups is 2. The van der Waals surface area contributed by atoms with Crippen LogP contribution in [0.1, 0.15) is 16.7 Å². The molecule has 0 unspecified atom stereocenters. The van der Waals surface area contributed by atoms with E-state index in [2.05, 4.69) is 5.32 Å². The van der Waals surface area contributed by atoms with Crippen molar-refractivity contribution in [3.63, 3.8) is 0 Å². The zero-order valence-electron chi connectivity index (χ0n) is 18.2. The number of carbonyl (C=O) groups excluding carboxylic acids is 2. The summed E-state index contributed by atoms with van der Waals surface area (Å²) in [5.74, 6) is 0.0213. The molecular weight excluding hydrogens is 436 g/mol. The first-order valence-corrected chi connectivity index (χ1v) is 10.7. The van der Waals surface area contributed by atoms with Crippen LogP contribution in [0.5, 0.6) is 11.5 Å². The number of thiocarbonyl (C=S) groups is 1. The molecule has 0 aliphatic carbocycles. The van der Waals surface area contributed by atoms with Gasteiger partial charge in [0.25, 0.3) is 11.8 Å². The van der Waals surface area contributed by atoms with E-state index in [1.54, 1.807) is 30.3 Å². The van der Waals surface area contributed by atoms with Crippen molar-refractivity contribution >= 4 is 40.9 Å². The molecule has 3 aromatic carbocycles. The smallest absolute Gasteiger partial charge is 0.270 e. The summed E-state index contributed by atoms with van der Waals surface area (Å²) in [6, 6.07) is 22.4. The predicted octanol–water partition coefficient (Wildman–Crippen LogP) is 4.41. The van der Waals surface area contributed by atoms with Gasteiger partial charge in [-0.1, -0.05) is 54.1 Å². The number of benzene rings is 3. The number of nitrogens with zero attached hydrogens (tertiary/aromatic N) is 1. The fraction of sp³-hybridized carbons (Fsp3) is 0.115. The summed E-state index contributed by atoms with van der Waals surface area (Å²) in [7, 11) is 1.54. The number of hydrogen-bond acceptors (Lipinski definition) is 5. The van der Waals surface area contributed by atoms with E-state index < -0.39 is 11.8 Å². The highest BCUT2D eigenvalue weighted by Gasteiger charge is 2.34. The van der Waals surface area contributed by atoms with Crippen molar-refractivity contribution in [1.29, 1.82) is 0 Å². The quantitative estimate of drug-likeness (QED) is 0.337. The SMILES string of the molecule is COc1cc(/C=C2\C(=O)NC(=S)N(c3ccc(C)cc3)C2=O)ccc1OCc1ccccc1. The Bertz CT molecular complexity index is 1240. The van der Waals surface area contributed by atoms with E-state index in [1.807, 2.05) is 49.4 Å². The normalized spacial score (nSPS) is 14.9. The molecule has 0 aromatic heterocycles. The van der Waals surface area contributed by atoms with Crippen LogP contribution in [0.4, 0.5) is 5.69 Å². The van der Waals surface area contributed by atoms with Crippen LogP contribution in [0.25, 0.3) is 6.08 Å². The fourth-order valence-electron chi connectivity index (χ4n) is 3.38. The Morgan fingerprint density at radius 3 is 2.39 bits per heavy atom. The molecule has 4 rings (SSSR count). The minimum atomic E-state index is -0.545. The van der Waals surface area contributed by atoms with Gasteiger partial charge in [-0.25, -0.2) is 0 Å². The van der Waals surface area contributed by atoms with Crippen LogP contribution in [-0.2, 0) is 16.2 Å². The lowest BCUT2D eigenvalue weighted by Gasteiger charge is -2.29. The van der Waals surface area contributed by atoms with Crippen LogP contribution in [0.2, 0.25) is 0 Å². The van der Waals surface area contributed by atoms with Gasteiger partial charge in [0.1, 0.15) is 12.2 Å². The van der Waals surface area contributed by atoms with Crippen molar-refractivity contribution in [2.24, 2.45) is 0 Å². The summed E-state index contributed by atoms with van der Waals surface area (Å²) >= 11 is 5.25. The molecule has 0 radical (unpaired) electrons. The Kier molecular flexibility index (Phi) is 6.51. The van der Waals surface area contributed by atoms with Crippen molar-refractivity contribution in [2.45, 2.75) is 13.5 Å². The van der Waals surface area contributed by atoms with Gasteiger partial charge in [0, 0.05) is 0 Å². The molecule has 1 saturated heterocycles. The number of ether oxygens (including phenoxy) is 2. The van der Waals surface area contributed by atoms with Gasteiger partial charge in [-0.2, -0.15) is 0 Å². The van der Waals surface area contributed by atoms with Gasteiger partial charge in [-0.05, 0) is 60.6 Å². The van der Waals surface area contributed by atoms with E-state index in [1.165, 1.54) is 18.1 Å². The standard InChI is InChI=1S/C26H22N2O4S/c1-17-8-11-20(12-9-17)28-25(30)21(24(29)27-26(28)33)14-19-10-13-22(23(15-19)31-2)32-16-18-6-4-3-5-7-18/h3-15H,16H2,1-2H3,(H,27,29,33)/b21-14+. The number of aryl methyl sites for hydroxylation is 1. The van der Waals surface area contributed by atoms with E-state index in [0.29, 0.717) is 29.4 Å². The van der Waals surface area contributed by atoms with E-state index in [9.17, 15) is 9.59 Å². The molecule has 6 nitrogen and oxygen atoms in total. The van der Waals surface area contributed by atoms with E-state index >= 15 is 0 Å². The average Bonchev–Trinajstić information content (AvgIpc) is 2.82. The summed E-state index contributed by atoms with van der Waals surface area (Å²) in [5, 5.41) is 2.64. The second kappa shape index (κ2) is 9.67. The minimum Gasteiger partial charge on any atom is -0.493 e. The van der Waals surface area contributed by atoms with Crippen LogP contribution in [0.15, 0.2) is 78.4 Å². The molecule has 33 heavy (non-hydrogen) atoms. The molecule has 1 fully saturated rings. The van der Waals surface area contributed by atoms with Gasteiger partial charge in [0.15, 0.2) is 16.6 Å².